The van der Waals surface area contributed by atoms with Gasteiger partial charge in [-0.25, -0.2) is 4.99 Å². The van der Waals surface area contributed by atoms with Gasteiger partial charge in [-0.3, -0.25) is 0 Å². The van der Waals surface area contributed by atoms with Crippen LogP contribution in [0, 0.1) is 0 Å². The van der Waals surface area contributed by atoms with Gasteiger partial charge in [0.15, 0.2) is 0 Å². The summed E-state index contributed by atoms with van der Waals surface area (Å²) in [6.07, 6.45) is 0. The molecule has 1 unspecified atom stereocenters. The maximum absolute atomic E-state index is 5.62. The summed E-state index contributed by atoms with van der Waals surface area (Å²) in [7, 11) is 0. The number of nitrogens with two attached hydrogens (primary N) is 1. The van der Waals surface area contributed by atoms with E-state index in [0.717, 1.165) is 18.0 Å². The number of nitrogens with zero attached hydrogens (tertiary/aromatic N) is 1. The monoisotopic (exact) mass is 204 g/mol. The van der Waals surface area contributed by atoms with Crippen LogP contribution in [-0.2, 0) is 4.74 Å². The number of hydrogen-bond acceptors (Lipinski definition) is 3. The fraction of sp³-hybridized carbons (Fsp3) is 0.417. The molecule has 0 radical (unpaired) electrons. The number of ether oxygens (including phenoxy) is 1. The normalized spacial score (nSPS) is 17.1. The van der Waals surface area contributed by atoms with Crippen LogP contribution in [0.5, 0.6) is 0 Å². The van der Waals surface area contributed by atoms with Crippen LogP contribution < -0.4 is 5.73 Å². The molecule has 3 heteroatoms. The van der Waals surface area contributed by atoms with Crippen molar-refractivity contribution in [2.24, 2.45) is 10.7 Å². The van der Waals surface area contributed by atoms with Crippen molar-refractivity contribution >= 4 is 5.90 Å². The molecule has 0 amide bonds. The Morgan fingerprint density at radius 2 is 2.13 bits per heavy atom. The molecule has 1 aromatic carbocycles. The predicted molar refractivity (Wildman–Crippen MR) is 61.3 cm³/mol. The van der Waals surface area contributed by atoms with Gasteiger partial charge in [0.25, 0.3) is 0 Å². The summed E-state index contributed by atoms with van der Waals surface area (Å²) >= 11 is 0. The summed E-state index contributed by atoms with van der Waals surface area (Å²) in [5.74, 6) is 1.17. The summed E-state index contributed by atoms with van der Waals surface area (Å²) < 4.78 is 5.39. The third-order valence-corrected chi connectivity index (χ3v) is 2.67. The summed E-state index contributed by atoms with van der Waals surface area (Å²) in [5.41, 5.74) is 7.94. The minimum Gasteiger partial charge on any atom is -0.476 e. The van der Waals surface area contributed by atoms with E-state index in [-0.39, 0.29) is 0 Å². The Bertz CT molecular complexity index is 356. The topological polar surface area (TPSA) is 47.6 Å². The van der Waals surface area contributed by atoms with Gasteiger partial charge in [-0.2, -0.15) is 0 Å². The van der Waals surface area contributed by atoms with E-state index >= 15 is 0 Å². The molecule has 0 spiro atoms. The van der Waals surface area contributed by atoms with Gasteiger partial charge < -0.3 is 10.5 Å². The van der Waals surface area contributed by atoms with E-state index in [1.807, 2.05) is 12.1 Å². The van der Waals surface area contributed by atoms with E-state index in [4.69, 9.17) is 10.5 Å². The van der Waals surface area contributed by atoms with E-state index < -0.39 is 0 Å². The van der Waals surface area contributed by atoms with Crippen LogP contribution in [0.1, 0.15) is 24.0 Å². The van der Waals surface area contributed by atoms with Gasteiger partial charge in [0.1, 0.15) is 6.61 Å². The van der Waals surface area contributed by atoms with Crippen LogP contribution in [0.25, 0.3) is 0 Å². The van der Waals surface area contributed by atoms with Gasteiger partial charge >= 0.3 is 0 Å². The van der Waals surface area contributed by atoms with Gasteiger partial charge in [-0.1, -0.05) is 19.1 Å². The van der Waals surface area contributed by atoms with Crippen molar-refractivity contribution in [3.63, 3.8) is 0 Å². The first kappa shape index (κ1) is 10.2. The molecule has 1 aliphatic heterocycles. The van der Waals surface area contributed by atoms with Crippen LogP contribution >= 0.6 is 0 Å². The van der Waals surface area contributed by atoms with Crippen molar-refractivity contribution in [1.82, 2.24) is 0 Å². The fourth-order valence-corrected chi connectivity index (χ4v) is 1.60. The Morgan fingerprint density at radius 3 is 2.67 bits per heavy atom. The van der Waals surface area contributed by atoms with Crippen molar-refractivity contribution in [1.29, 1.82) is 0 Å². The highest BCUT2D eigenvalue weighted by molar-refractivity contribution is 5.94. The molecule has 0 bridgehead atoms. The number of hydrogen-bond donors (Lipinski definition) is 1. The highest BCUT2D eigenvalue weighted by Crippen LogP contribution is 2.16. The molecule has 3 nitrogen and oxygen atoms in total. The maximum Gasteiger partial charge on any atom is 0.216 e. The Morgan fingerprint density at radius 1 is 1.40 bits per heavy atom. The standard InChI is InChI=1S/C12H16N2O/c1-9(8-13)10-2-4-11(5-3-10)12-14-6-7-15-12/h2-5,9H,6-8,13H2,1H3. The Kier molecular flexibility index (Phi) is 3.02. The molecule has 2 N–H and O–H groups in total. The van der Waals surface area contributed by atoms with Crippen molar-refractivity contribution in [3.8, 4) is 0 Å². The maximum atomic E-state index is 5.62. The third kappa shape index (κ3) is 2.18. The highest BCUT2D eigenvalue weighted by atomic mass is 16.5. The molecule has 0 aliphatic carbocycles. The second-order valence-corrected chi connectivity index (χ2v) is 3.79. The molecule has 1 heterocycles. The van der Waals surface area contributed by atoms with E-state index in [9.17, 15) is 0 Å². The first-order chi connectivity index (χ1) is 7.31. The van der Waals surface area contributed by atoms with Crippen LogP contribution in [0.2, 0.25) is 0 Å². The molecule has 1 aliphatic rings. The largest absolute Gasteiger partial charge is 0.476 e. The number of aliphatic imine (C=N–C) groups is 1. The van der Waals surface area contributed by atoms with E-state index in [1.165, 1.54) is 5.56 Å². The second kappa shape index (κ2) is 4.45. The van der Waals surface area contributed by atoms with E-state index in [1.54, 1.807) is 0 Å². The molecular formula is C12H16N2O. The number of benzene rings is 1. The minimum absolute atomic E-state index is 0.408. The van der Waals surface area contributed by atoms with Crippen LogP contribution in [0.3, 0.4) is 0 Å². The molecule has 1 atom stereocenters. The van der Waals surface area contributed by atoms with Crippen LogP contribution in [0.15, 0.2) is 29.3 Å². The van der Waals surface area contributed by atoms with Crippen molar-refractivity contribution in [3.05, 3.63) is 35.4 Å². The van der Waals surface area contributed by atoms with E-state index in [0.29, 0.717) is 19.1 Å². The van der Waals surface area contributed by atoms with Gasteiger partial charge in [0, 0.05) is 5.56 Å². The van der Waals surface area contributed by atoms with Gasteiger partial charge in [0.05, 0.1) is 6.54 Å². The number of rotatable bonds is 3. The van der Waals surface area contributed by atoms with Crippen molar-refractivity contribution in [2.75, 3.05) is 19.7 Å². The molecule has 0 saturated heterocycles. The Hall–Kier alpha value is -1.35. The zero-order chi connectivity index (χ0) is 10.7. The molecular weight excluding hydrogens is 188 g/mol. The Balaban J connectivity index is 2.16. The molecule has 0 saturated carbocycles. The smallest absolute Gasteiger partial charge is 0.216 e. The molecule has 2 rings (SSSR count). The molecule has 0 aromatic heterocycles. The molecule has 80 valence electrons. The average molecular weight is 204 g/mol. The average Bonchev–Trinajstić information content (AvgIpc) is 2.82. The van der Waals surface area contributed by atoms with Crippen LogP contribution in [0.4, 0.5) is 0 Å². The first-order valence-corrected chi connectivity index (χ1v) is 5.29. The first-order valence-electron chi connectivity index (χ1n) is 5.29. The molecule has 1 aromatic rings. The Labute approximate surface area is 90.0 Å². The lowest BCUT2D eigenvalue weighted by Gasteiger charge is -2.09. The SMILES string of the molecule is CC(CN)c1ccc(C2=NCCO2)cc1. The third-order valence-electron chi connectivity index (χ3n) is 2.67. The summed E-state index contributed by atoms with van der Waals surface area (Å²) in [6, 6.07) is 8.28. The van der Waals surface area contributed by atoms with Gasteiger partial charge in [-0.15, -0.1) is 0 Å². The van der Waals surface area contributed by atoms with Gasteiger partial charge in [-0.05, 0) is 30.2 Å². The van der Waals surface area contributed by atoms with Crippen molar-refractivity contribution < 1.29 is 4.74 Å². The fourth-order valence-electron chi connectivity index (χ4n) is 1.60. The lowest BCUT2D eigenvalue weighted by molar-refractivity contribution is 0.348. The summed E-state index contributed by atoms with van der Waals surface area (Å²) in [6.45, 7) is 4.28. The zero-order valence-electron chi connectivity index (χ0n) is 8.94. The zero-order valence-corrected chi connectivity index (χ0v) is 8.94. The second-order valence-electron chi connectivity index (χ2n) is 3.79. The van der Waals surface area contributed by atoms with Gasteiger partial charge in [0.2, 0.25) is 5.90 Å². The molecule has 0 fully saturated rings. The predicted octanol–water partition coefficient (Wildman–Crippen LogP) is 1.53. The minimum atomic E-state index is 0.408. The highest BCUT2D eigenvalue weighted by Gasteiger charge is 2.10. The van der Waals surface area contributed by atoms with Crippen LogP contribution in [-0.4, -0.2) is 25.6 Å². The summed E-state index contributed by atoms with van der Waals surface area (Å²) in [5, 5.41) is 0. The lowest BCUT2D eigenvalue weighted by atomic mass is 10.00. The lowest BCUT2D eigenvalue weighted by Crippen LogP contribution is -2.09. The van der Waals surface area contributed by atoms with Crippen molar-refractivity contribution in [2.45, 2.75) is 12.8 Å². The molecule has 15 heavy (non-hydrogen) atoms. The quantitative estimate of drug-likeness (QED) is 0.811. The van der Waals surface area contributed by atoms with E-state index in [2.05, 4.69) is 24.0 Å². The summed E-state index contributed by atoms with van der Waals surface area (Å²) in [4.78, 5) is 4.27.